The van der Waals surface area contributed by atoms with Crippen molar-refractivity contribution in [1.29, 1.82) is 5.26 Å². The van der Waals surface area contributed by atoms with E-state index in [1.807, 2.05) is 25.4 Å². The zero-order chi connectivity index (χ0) is 12.1. The van der Waals surface area contributed by atoms with Crippen molar-refractivity contribution in [2.24, 2.45) is 7.05 Å². The van der Waals surface area contributed by atoms with Gasteiger partial charge in [-0.3, -0.25) is 4.68 Å². The van der Waals surface area contributed by atoms with E-state index in [-0.39, 0.29) is 0 Å². The first-order valence-electron chi connectivity index (χ1n) is 5.19. The molecule has 86 valence electrons. The van der Waals surface area contributed by atoms with E-state index in [0.29, 0.717) is 13.0 Å². The first kappa shape index (κ1) is 11.1. The van der Waals surface area contributed by atoms with E-state index >= 15 is 0 Å². The fourth-order valence-electron chi connectivity index (χ4n) is 1.43. The molecule has 0 radical (unpaired) electrons. The van der Waals surface area contributed by atoms with Gasteiger partial charge in [-0.25, -0.2) is 4.98 Å². The minimum atomic E-state index is 0.391. The first-order chi connectivity index (χ1) is 8.28. The molecule has 0 aliphatic carbocycles. The van der Waals surface area contributed by atoms with Crippen molar-refractivity contribution >= 4 is 5.82 Å². The number of hydrogen-bond acceptors (Lipinski definition) is 5. The fourth-order valence-corrected chi connectivity index (χ4v) is 1.43. The van der Waals surface area contributed by atoms with Crippen LogP contribution in [0.5, 0.6) is 0 Å². The molecule has 2 aromatic rings. The molecule has 0 saturated heterocycles. The number of anilines is 1. The Balaban J connectivity index is 1.99. The molecular formula is C11H12N6. The number of nitrogens with zero attached hydrogens (tertiary/aromatic N) is 5. The topological polar surface area (TPSA) is 79.4 Å². The molecule has 17 heavy (non-hydrogen) atoms. The molecule has 0 spiro atoms. The molecule has 0 amide bonds. The zero-order valence-corrected chi connectivity index (χ0v) is 9.46. The summed E-state index contributed by atoms with van der Waals surface area (Å²) in [4.78, 5) is 4.17. The number of pyridine rings is 1. The van der Waals surface area contributed by atoms with Gasteiger partial charge < -0.3 is 5.32 Å². The van der Waals surface area contributed by atoms with Crippen molar-refractivity contribution < 1.29 is 0 Å². The quantitative estimate of drug-likeness (QED) is 0.840. The second kappa shape index (κ2) is 5.07. The smallest absolute Gasteiger partial charge is 0.126 e. The van der Waals surface area contributed by atoms with Gasteiger partial charge in [0.2, 0.25) is 0 Å². The molecule has 0 fully saturated rings. The molecule has 6 nitrogen and oxygen atoms in total. The third-order valence-corrected chi connectivity index (χ3v) is 2.21. The first-order valence-corrected chi connectivity index (χ1v) is 5.19. The average molecular weight is 228 g/mol. The lowest BCUT2D eigenvalue weighted by atomic mass is 10.2. The molecule has 0 atom stereocenters. The van der Waals surface area contributed by atoms with Gasteiger partial charge in [0.15, 0.2) is 0 Å². The van der Waals surface area contributed by atoms with Crippen LogP contribution in [-0.4, -0.2) is 20.0 Å². The van der Waals surface area contributed by atoms with Gasteiger partial charge in [0.25, 0.3) is 0 Å². The molecule has 0 aliphatic heterocycles. The minimum Gasteiger partial charge on any atom is -0.364 e. The predicted octanol–water partition coefficient (Wildman–Crippen LogP) is 0.888. The Morgan fingerprint density at radius 1 is 1.53 bits per heavy atom. The van der Waals surface area contributed by atoms with Crippen LogP contribution in [0, 0.1) is 11.3 Å². The van der Waals surface area contributed by atoms with Gasteiger partial charge in [0, 0.05) is 19.4 Å². The summed E-state index contributed by atoms with van der Waals surface area (Å²) in [5, 5.41) is 19.5. The van der Waals surface area contributed by atoms with E-state index in [0.717, 1.165) is 17.1 Å². The maximum atomic E-state index is 8.61. The Bertz CT molecular complexity index is 539. The molecule has 2 rings (SSSR count). The van der Waals surface area contributed by atoms with Crippen LogP contribution in [0.15, 0.2) is 24.5 Å². The van der Waals surface area contributed by atoms with Gasteiger partial charge in [0.05, 0.1) is 19.0 Å². The van der Waals surface area contributed by atoms with Crippen molar-refractivity contribution in [2.45, 2.75) is 13.0 Å². The van der Waals surface area contributed by atoms with Gasteiger partial charge in [-0.15, -0.1) is 5.10 Å². The number of nitrogens with one attached hydrogen (secondary N) is 1. The van der Waals surface area contributed by atoms with Gasteiger partial charge in [0.1, 0.15) is 11.5 Å². The molecular weight excluding hydrogens is 216 g/mol. The monoisotopic (exact) mass is 228 g/mol. The lowest BCUT2D eigenvalue weighted by Gasteiger charge is -2.03. The SMILES string of the molecule is Cn1cc(CNc2cc(CC#N)ccn2)nn1. The summed E-state index contributed by atoms with van der Waals surface area (Å²) in [7, 11) is 1.82. The number of nitriles is 1. The second-order valence-electron chi connectivity index (χ2n) is 3.62. The molecule has 0 aliphatic rings. The molecule has 6 heteroatoms. The van der Waals surface area contributed by atoms with Crippen molar-refractivity contribution in [1.82, 2.24) is 20.0 Å². The number of rotatable bonds is 4. The Hall–Kier alpha value is -2.42. The van der Waals surface area contributed by atoms with Crippen LogP contribution in [0.3, 0.4) is 0 Å². The lowest BCUT2D eigenvalue weighted by Crippen LogP contribution is -2.02. The lowest BCUT2D eigenvalue weighted by molar-refractivity contribution is 0.713. The molecule has 0 aromatic carbocycles. The van der Waals surface area contributed by atoms with Crippen LogP contribution in [0.25, 0.3) is 0 Å². The summed E-state index contributed by atoms with van der Waals surface area (Å²) in [5.41, 5.74) is 1.80. The maximum Gasteiger partial charge on any atom is 0.126 e. The third-order valence-electron chi connectivity index (χ3n) is 2.21. The highest BCUT2D eigenvalue weighted by molar-refractivity contribution is 5.38. The van der Waals surface area contributed by atoms with Crippen molar-refractivity contribution in [3.8, 4) is 6.07 Å². The average Bonchev–Trinajstić information content (AvgIpc) is 2.74. The number of aryl methyl sites for hydroxylation is 1. The predicted molar refractivity (Wildman–Crippen MR) is 61.9 cm³/mol. The highest BCUT2D eigenvalue weighted by Gasteiger charge is 2.00. The minimum absolute atomic E-state index is 0.391. The number of aromatic nitrogens is 4. The second-order valence-corrected chi connectivity index (χ2v) is 3.62. The van der Waals surface area contributed by atoms with Crippen LogP contribution in [0.2, 0.25) is 0 Å². The summed E-state index contributed by atoms with van der Waals surface area (Å²) in [6, 6.07) is 5.80. The van der Waals surface area contributed by atoms with E-state index < -0.39 is 0 Å². The Kier molecular flexibility index (Phi) is 3.31. The summed E-state index contributed by atoms with van der Waals surface area (Å²) < 4.78 is 1.65. The van der Waals surface area contributed by atoms with Crippen molar-refractivity contribution in [3.63, 3.8) is 0 Å². The normalized spacial score (nSPS) is 9.88. The van der Waals surface area contributed by atoms with Crippen LogP contribution < -0.4 is 5.32 Å². The molecule has 0 saturated carbocycles. The van der Waals surface area contributed by atoms with Gasteiger partial charge in [-0.05, 0) is 17.7 Å². The summed E-state index contributed by atoms with van der Waals surface area (Å²) in [5.74, 6) is 0.739. The van der Waals surface area contributed by atoms with E-state index in [2.05, 4.69) is 26.7 Å². The van der Waals surface area contributed by atoms with E-state index in [9.17, 15) is 0 Å². The van der Waals surface area contributed by atoms with Crippen LogP contribution in [-0.2, 0) is 20.0 Å². The summed E-state index contributed by atoms with van der Waals surface area (Å²) in [6.07, 6.45) is 3.92. The van der Waals surface area contributed by atoms with E-state index in [1.165, 1.54) is 0 Å². The largest absolute Gasteiger partial charge is 0.364 e. The van der Waals surface area contributed by atoms with Crippen molar-refractivity contribution in [2.75, 3.05) is 5.32 Å². The van der Waals surface area contributed by atoms with Crippen LogP contribution in [0.1, 0.15) is 11.3 Å². The summed E-state index contributed by atoms with van der Waals surface area (Å²) in [6.45, 7) is 0.566. The highest BCUT2D eigenvalue weighted by Crippen LogP contribution is 2.08. The van der Waals surface area contributed by atoms with Crippen LogP contribution in [0.4, 0.5) is 5.82 Å². The molecule has 2 aromatic heterocycles. The van der Waals surface area contributed by atoms with E-state index in [1.54, 1.807) is 10.9 Å². The Morgan fingerprint density at radius 2 is 2.41 bits per heavy atom. The Morgan fingerprint density at radius 3 is 3.12 bits per heavy atom. The highest BCUT2D eigenvalue weighted by atomic mass is 15.4. The van der Waals surface area contributed by atoms with Gasteiger partial charge in [-0.2, -0.15) is 5.26 Å². The fraction of sp³-hybridized carbons (Fsp3) is 0.273. The molecule has 0 bridgehead atoms. The maximum absolute atomic E-state index is 8.61. The van der Waals surface area contributed by atoms with Crippen LogP contribution >= 0.6 is 0 Å². The molecule has 1 N–H and O–H groups in total. The third kappa shape index (κ3) is 3.01. The van der Waals surface area contributed by atoms with Gasteiger partial charge >= 0.3 is 0 Å². The molecule has 0 unspecified atom stereocenters. The van der Waals surface area contributed by atoms with E-state index in [4.69, 9.17) is 5.26 Å². The van der Waals surface area contributed by atoms with Crippen molar-refractivity contribution in [3.05, 3.63) is 35.8 Å². The Labute approximate surface area is 98.9 Å². The summed E-state index contributed by atoms with van der Waals surface area (Å²) >= 11 is 0. The molecule has 2 heterocycles. The van der Waals surface area contributed by atoms with Gasteiger partial charge in [-0.1, -0.05) is 5.21 Å². The standard InChI is InChI=1S/C11H12N6/c1-17-8-10(15-16-17)7-14-11-6-9(2-4-12)3-5-13-11/h3,5-6,8H,2,7H2,1H3,(H,13,14). The number of hydrogen-bond donors (Lipinski definition) is 1. The zero-order valence-electron chi connectivity index (χ0n) is 9.46.